The summed E-state index contributed by atoms with van der Waals surface area (Å²) in [6.45, 7) is 4.58. The predicted octanol–water partition coefficient (Wildman–Crippen LogP) is 5.17. The van der Waals surface area contributed by atoms with Crippen LogP contribution in [0.25, 0.3) is 0 Å². The molecular weight excluding hydrogens is 418 g/mol. The summed E-state index contributed by atoms with van der Waals surface area (Å²) in [5.74, 6) is -0.0801. The highest BCUT2D eigenvalue weighted by molar-refractivity contribution is 5.94. The van der Waals surface area contributed by atoms with Crippen molar-refractivity contribution in [1.29, 1.82) is 0 Å². The summed E-state index contributed by atoms with van der Waals surface area (Å²) in [5.41, 5.74) is 1.60. The molecule has 3 aliphatic rings. The van der Waals surface area contributed by atoms with Crippen molar-refractivity contribution < 1.29 is 23.7 Å². The van der Waals surface area contributed by atoms with Crippen molar-refractivity contribution in [2.45, 2.75) is 55.8 Å². The Kier molecular flexibility index (Phi) is 5.77. The first-order chi connectivity index (χ1) is 16.1. The van der Waals surface area contributed by atoms with Crippen molar-refractivity contribution in [1.82, 2.24) is 0 Å². The van der Waals surface area contributed by atoms with Gasteiger partial charge in [0.15, 0.2) is 6.29 Å². The maximum absolute atomic E-state index is 13.3. The minimum Gasteiger partial charge on any atom is -0.452 e. The van der Waals surface area contributed by atoms with Gasteiger partial charge in [-0.1, -0.05) is 54.6 Å². The van der Waals surface area contributed by atoms with Gasteiger partial charge in [-0.15, -0.1) is 6.58 Å². The number of benzene rings is 2. The molecule has 33 heavy (non-hydrogen) atoms. The lowest BCUT2D eigenvalue weighted by Gasteiger charge is -2.50. The number of para-hydroxylation sites is 1. The lowest BCUT2D eigenvalue weighted by Crippen LogP contribution is -2.63. The van der Waals surface area contributed by atoms with E-state index in [1.165, 1.54) is 7.11 Å². The summed E-state index contributed by atoms with van der Waals surface area (Å²) in [7, 11) is 3.10. The summed E-state index contributed by atoms with van der Waals surface area (Å²) in [6, 6.07) is 18.2. The number of nitrogens with zero attached hydrogens (tertiary/aromatic N) is 1. The fourth-order valence-electron chi connectivity index (χ4n) is 6.41. The van der Waals surface area contributed by atoms with Crippen LogP contribution in [-0.4, -0.2) is 38.2 Å². The quantitative estimate of drug-likeness (QED) is 0.570. The molecule has 5 atom stereocenters. The van der Waals surface area contributed by atoms with Gasteiger partial charge in [0, 0.05) is 25.0 Å². The molecule has 2 heterocycles. The van der Waals surface area contributed by atoms with E-state index in [9.17, 15) is 4.79 Å². The fraction of sp³-hybridized carbons (Fsp3) is 0.444. The van der Waals surface area contributed by atoms with E-state index < -0.39 is 17.4 Å². The van der Waals surface area contributed by atoms with Gasteiger partial charge >= 0.3 is 6.09 Å². The molecule has 6 heteroatoms. The van der Waals surface area contributed by atoms with E-state index in [-0.39, 0.29) is 18.1 Å². The van der Waals surface area contributed by atoms with Gasteiger partial charge in [0.25, 0.3) is 0 Å². The highest BCUT2D eigenvalue weighted by Gasteiger charge is 2.75. The third-order valence-electron chi connectivity index (χ3n) is 7.65. The van der Waals surface area contributed by atoms with Crippen molar-refractivity contribution in [2.24, 2.45) is 5.92 Å². The van der Waals surface area contributed by atoms with Gasteiger partial charge in [-0.2, -0.15) is 0 Å². The van der Waals surface area contributed by atoms with Gasteiger partial charge < -0.3 is 18.9 Å². The van der Waals surface area contributed by atoms with E-state index in [1.54, 1.807) is 7.11 Å². The van der Waals surface area contributed by atoms with Crippen LogP contribution in [0.4, 0.5) is 10.5 Å². The molecule has 0 unspecified atom stereocenters. The normalized spacial score (nSPS) is 32.1. The van der Waals surface area contributed by atoms with E-state index in [2.05, 4.69) is 24.8 Å². The van der Waals surface area contributed by atoms with E-state index in [0.29, 0.717) is 19.4 Å². The van der Waals surface area contributed by atoms with Crippen molar-refractivity contribution in [2.75, 3.05) is 19.1 Å². The Morgan fingerprint density at radius 2 is 1.94 bits per heavy atom. The van der Waals surface area contributed by atoms with Crippen LogP contribution in [0.1, 0.15) is 36.8 Å². The first-order valence-electron chi connectivity index (χ1n) is 11.6. The van der Waals surface area contributed by atoms with Crippen molar-refractivity contribution in [3.05, 3.63) is 78.4 Å². The lowest BCUT2D eigenvalue weighted by molar-refractivity contribution is -0.171. The average molecular weight is 450 g/mol. The number of carbonyl (C=O) groups is 1. The van der Waals surface area contributed by atoms with Crippen LogP contribution in [0.3, 0.4) is 0 Å². The maximum atomic E-state index is 13.3. The Morgan fingerprint density at radius 3 is 2.67 bits per heavy atom. The van der Waals surface area contributed by atoms with Crippen LogP contribution in [0.15, 0.2) is 67.3 Å². The first-order valence-corrected chi connectivity index (χ1v) is 11.6. The van der Waals surface area contributed by atoms with Crippen molar-refractivity contribution in [3.63, 3.8) is 0 Å². The zero-order valence-electron chi connectivity index (χ0n) is 19.2. The van der Waals surface area contributed by atoms with Gasteiger partial charge in [-0.3, -0.25) is 4.90 Å². The Balaban J connectivity index is 1.54. The highest BCUT2D eigenvalue weighted by Crippen LogP contribution is 2.67. The summed E-state index contributed by atoms with van der Waals surface area (Å²) >= 11 is 0. The SMILES string of the molecule is C=CC[C@]12O[C@@H](OC)[C@@H]3C[C@@H](OCc4ccccc4)CC[C@@]31N(C(=O)OC)c1ccccc12. The Hall–Kier alpha value is -2.67. The molecule has 5 rings (SSSR count). The molecule has 0 radical (unpaired) electrons. The second-order valence-corrected chi connectivity index (χ2v) is 9.09. The van der Waals surface area contributed by atoms with Crippen molar-refractivity contribution >= 4 is 11.8 Å². The van der Waals surface area contributed by atoms with Crippen LogP contribution in [0, 0.1) is 5.92 Å². The molecule has 1 aliphatic carbocycles. The van der Waals surface area contributed by atoms with E-state index in [4.69, 9.17) is 18.9 Å². The Bertz CT molecular complexity index is 1030. The molecule has 1 amide bonds. The smallest absolute Gasteiger partial charge is 0.414 e. The molecule has 6 nitrogen and oxygen atoms in total. The molecule has 2 fully saturated rings. The number of fused-ring (bicyclic) bond motifs is 2. The standard InChI is InChI=1S/C27H31NO5/c1-4-15-27-21-12-8-9-13-23(21)28(25(29)31-3)26(27)16-14-20(17-22(26)24(30-2)33-27)32-18-19-10-6-5-7-11-19/h4-13,20,22,24H,1,14-18H2,2-3H3/t20-,22-,24+,26+,27+/m0/s1. The molecule has 0 N–H and O–H groups in total. The molecule has 2 aliphatic heterocycles. The average Bonchev–Trinajstić information content (AvgIpc) is 3.26. The number of anilines is 1. The molecule has 1 saturated heterocycles. The van der Waals surface area contributed by atoms with Crippen LogP contribution in [0.5, 0.6) is 0 Å². The van der Waals surface area contributed by atoms with E-state index >= 15 is 0 Å². The molecular formula is C27H31NO5. The lowest BCUT2D eigenvalue weighted by atomic mass is 9.63. The molecule has 2 aromatic rings. The fourth-order valence-corrected chi connectivity index (χ4v) is 6.41. The van der Waals surface area contributed by atoms with Gasteiger partial charge in [0.1, 0.15) is 5.60 Å². The molecule has 2 aromatic carbocycles. The van der Waals surface area contributed by atoms with E-state index in [1.807, 2.05) is 47.4 Å². The first kappa shape index (κ1) is 22.1. The summed E-state index contributed by atoms with van der Waals surface area (Å²) in [5, 5.41) is 0. The molecule has 0 aromatic heterocycles. The zero-order chi connectivity index (χ0) is 23.1. The number of rotatable bonds is 6. The summed E-state index contributed by atoms with van der Waals surface area (Å²) in [6.07, 6.45) is 3.92. The number of ether oxygens (including phenoxy) is 4. The number of methoxy groups -OCH3 is 2. The van der Waals surface area contributed by atoms with Crippen LogP contribution in [0.2, 0.25) is 0 Å². The van der Waals surface area contributed by atoms with Gasteiger partial charge in [0.2, 0.25) is 0 Å². The molecule has 0 bridgehead atoms. The third-order valence-corrected chi connectivity index (χ3v) is 7.65. The van der Waals surface area contributed by atoms with Crippen LogP contribution >= 0.6 is 0 Å². The molecule has 174 valence electrons. The van der Waals surface area contributed by atoms with Gasteiger partial charge in [0.05, 0.1) is 31.0 Å². The number of hydrogen-bond donors (Lipinski definition) is 0. The van der Waals surface area contributed by atoms with Gasteiger partial charge in [-0.05, 0) is 30.9 Å². The largest absolute Gasteiger partial charge is 0.452 e. The minimum absolute atomic E-state index is 0.0461. The Labute approximate surface area is 195 Å². The second kappa shape index (κ2) is 8.60. The Morgan fingerprint density at radius 1 is 1.18 bits per heavy atom. The molecule has 1 saturated carbocycles. The molecule has 1 spiro atoms. The third kappa shape index (κ3) is 3.15. The van der Waals surface area contributed by atoms with Crippen molar-refractivity contribution in [3.8, 4) is 0 Å². The number of hydrogen-bond acceptors (Lipinski definition) is 5. The zero-order valence-corrected chi connectivity index (χ0v) is 19.2. The topological polar surface area (TPSA) is 57.2 Å². The summed E-state index contributed by atoms with van der Waals surface area (Å²) < 4.78 is 24.3. The predicted molar refractivity (Wildman–Crippen MR) is 125 cm³/mol. The van der Waals surface area contributed by atoms with Crippen LogP contribution < -0.4 is 4.90 Å². The monoisotopic (exact) mass is 449 g/mol. The number of carbonyl (C=O) groups excluding carboxylic acids is 1. The van der Waals surface area contributed by atoms with Crippen LogP contribution in [-0.2, 0) is 31.2 Å². The second-order valence-electron chi connectivity index (χ2n) is 9.09. The highest BCUT2D eigenvalue weighted by atomic mass is 16.7. The number of amides is 1. The minimum atomic E-state index is -0.741. The van der Waals surface area contributed by atoms with E-state index in [0.717, 1.165) is 29.7 Å². The maximum Gasteiger partial charge on any atom is 0.414 e. The summed E-state index contributed by atoms with van der Waals surface area (Å²) in [4.78, 5) is 15.1. The van der Waals surface area contributed by atoms with Gasteiger partial charge in [-0.25, -0.2) is 4.79 Å².